The molecular weight excluding hydrogens is 468 g/mol. The summed E-state index contributed by atoms with van der Waals surface area (Å²) in [5, 5.41) is -0.532. The van der Waals surface area contributed by atoms with Crippen LogP contribution in [-0.4, -0.2) is 44.0 Å². The van der Waals surface area contributed by atoms with Gasteiger partial charge in [0.1, 0.15) is 6.54 Å². The molecule has 2 heterocycles. The van der Waals surface area contributed by atoms with Crippen molar-refractivity contribution in [3.8, 4) is 11.5 Å². The van der Waals surface area contributed by atoms with Gasteiger partial charge in [-0.05, 0) is 31.5 Å². The van der Waals surface area contributed by atoms with Gasteiger partial charge in [-0.1, -0.05) is 23.5 Å². The molecule has 11 heteroatoms. The first-order valence-corrected chi connectivity index (χ1v) is 12.5. The van der Waals surface area contributed by atoms with Crippen LogP contribution in [0.2, 0.25) is 0 Å². The molecule has 1 aliphatic heterocycles. The highest BCUT2D eigenvalue weighted by atomic mass is 32.2. The van der Waals surface area contributed by atoms with Gasteiger partial charge in [-0.25, -0.2) is 8.42 Å². The fourth-order valence-corrected chi connectivity index (χ4v) is 5.40. The molecule has 0 radical (unpaired) electrons. The van der Waals surface area contributed by atoms with Gasteiger partial charge in [0.2, 0.25) is 6.79 Å². The van der Waals surface area contributed by atoms with Gasteiger partial charge in [-0.15, -0.1) is 0 Å². The number of methoxy groups -OCH3 is 1. The monoisotopic (exact) mass is 490 g/mol. The standard InChI is InChI=1S/C22H22N2O7S2/c1-13(2)33(27,28)15-6-4-14(5-7-15)8-20(25)23-22-24(11-21(26)29-3)16-9-17-18(31-12-30-17)10-19(16)32-22/h4-7,9-10,13H,8,11-12H2,1-3H3. The van der Waals surface area contributed by atoms with Crippen LogP contribution in [0.15, 0.2) is 46.3 Å². The largest absolute Gasteiger partial charge is 0.468 e. The molecule has 0 N–H and O–H groups in total. The molecule has 0 aliphatic carbocycles. The van der Waals surface area contributed by atoms with Gasteiger partial charge >= 0.3 is 5.97 Å². The fourth-order valence-electron chi connectivity index (χ4n) is 3.28. The molecule has 1 aliphatic rings. The summed E-state index contributed by atoms with van der Waals surface area (Å²) in [6.45, 7) is 3.24. The quantitative estimate of drug-likeness (QED) is 0.488. The number of hydrogen-bond acceptors (Lipinski definition) is 8. The number of sulfone groups is 1. The molecule has 0 saturated heterocycles. The van der Waals surface area contributed by atoms with Gasteiger partial charge in [0.05, 0.1) is 33.9 Å². The van der Waals surface area contributed by atoms with Crippen LogP contribution in [0, 0.1) is 0 Å². The van der Waals surface area contributed by atoms with Crippen molar-refractivity contribution < 1.29 is 32.2 Å². The summed E-state index contributed by atoms with van der Waals surface area (Å²) in [6, 6.07) is 9.74. The number of carbonyl (C=O) groups excluding carboxylic acids is 2. The van der Waals surface area contributed by atoms with E-state index in [-0.39, 0.29) is 24.7 Å². The zero-order chi connectivity index (χ0) is 23.8. The third kappa shape index (κ3) is 4.64. The van der Waals surface area contributed by atoms with E-state index in [0.29, 0.717) is 27.4 Å². The predicted molar refractivity (Wildman–Crippen MR) is 121 cm³/mol. The highest BCUT2D eigenvalue weighted by molar-refractivity contribution is 7.92. The molecule has 0 spiro atoms. The van der Waals surface area contributed by atoms with E-state index in [2.05, 4.69) is 4.99 Å². The van der Waals surface area contributed by atoms with Crippen molar-refractivity contribution in [2.75, 3.05) is 13.9 Å². The fraction of sp³-hybridized carbons (Fsp3) is 0.318. The smallest absolute Gasteiger partial charge is 0.325 e. The number of carbonyl (C=O) groups is 2. The Bertz CT molecular complexity index is 1400. The molecule has 174 valence electrons. The first-order chi connectivity index (χ1) is 15.7. The number of amides is 1. The number of ether oxygens (including phenoxy) is 3. The number of aromatic nitrogens is 1. The normalized spacial score (nSPS) is 13.6. The van der Waals surface area contributed by atoms with Crippen LogP contribution < -0.4 is 14.3 Å². The first kappa shape index (κ1) is 23.0. The third-order valence-corrected chi connectivity index (χ3v) is 8.35. The van der Waals surface area contributed by atoms with E-state index in [0.717, 1.165) is 4.70 Å². The van der Waals surface area contributed by atoms with Gasteiger partial charge in [-0.2, -0.15) is 4.99 Å². The van der Waals surface area contributed by atoms with Crippen molar-refractivity contribution in [2.24, 2.45) is 4.99 Å². The molecule has 3 aromatic rings. The number of hydrogen-bond donors (Lipinski definition) is 0. The summed E-state index contributed by atoms with van der Waals surface area (Å²) in [4.78, 5) is 29.4. The summed E-state index contributed by atoms with van der Waals surface area (Å²) < 4.78 is 42.5. The lowest BCUT2D eigenvalue weighted by Gasteiger charge is -2.08. The van der Waals surface area contributed by atoms with Crippen LogP contribution in [0.4, 0.5) is 0 Å². The second kappa shape index (κ2) is 8.99. The molecule has 0 saturated carbocycles. The molecule has 4 rings (SSSR count). The van der Waals surface area contributed by atoms with Crippen molar-refractivity contribution in [3.05, 3.63) is 46.8 Å². The Morgan fingerprint density at radius 2 is 1.82 bits per heavy atom. The second-order valence-electron chi connectivity index (χ2n) is 7.64. The number of thiazole rings is 1. The van der Waals surface area contributed by atoms with Crippen LogP contribution in [0.25, 0.3) is 10.2 Å². The Labute approximate surface area is 194 Å². The van der Waals surface area contributed by atoms with Gasteiger partial charge in [-0.3, -0.25) is 9.59 Å². The average molecular weight is 491 g/mol. The molecule has 0 bridgehead atoms. The Kier molecular flexibility index (Phi) is 6.26. The molecule has 0 fully saturated rings. The van der Waals surface area contributed by atoms with E-state index in [1.165, 1.54) is 30.6 Å². The maximum absolute atomic E-state index is 12.7. The molecule has 0 unspecified atom stereocenters. The topological polar surface area (TPSA) is 113 Å². The van der Waals surface area contributed by atoms with E-state index < -0.39 is 27.0 Å². The SMILES string of the molecule is COC(=O)Cn1c(=NC(=O)Cc2ccc(S(=O)(=O)C(C)C)cc2)sc2cc3c(cc21)OCO3. The summed E-state index contributed by atoms with van der Waals surface area (Å²) in [5.74, 6) is 0.222. The van der Waals surface area contributed by atoms with Gasteiger partial charge in [0.15, 0.2) is 26.1 Å². The molecule has 9 nitrogen and oxygen atoms in total. The molecule has 2 aromatic carbocycles. The predicted octanol–water partition coefficient (Wildman–Crippen LogP) is 2.46. The molecule has 1 aromatic heterocycles. The van der Waals surface area contributed by atoms with Crippen molar-refractivity contribution in [3.63, 3.8) is 0 Å². The number of rotatable bonds is 6. The minimum absolute atomic E-state index is 0.0167. The Morgan fingerprint density at radius 3 is 2.45 bits per heavy atom. The lowest BCUT2D eigenvalue weighted by atomic mass is 10.1. The summed E-state index contributed by atoms with van der Waals surface area (Å²) in [5.41, 5.74) is 1.30. The van der Waals surface area contributed by atoms with Gasteiger partial charge in [0.25, 0.3) is 5.91 Å². The number of nitrogens with zero attached hydrogens (tertiary/aromatic N) is 2. The van der Waals surface area contributed by atoms with Crippen molar-refractivity contribution >= 4 is 43.3 Å². The summed E-state index contributed by atoms with van der Waals surface area (Å²) in [7, 11) is -2.10. The van der Waals surface area contributed by atoms with Crippen molar-refractivity contribution in [2.45, 2.75) is 37.0 Å². The van der Waals surface area contributed by atoms with E-state index in [1.54, 1.807) is 42.7 Å². The zero-order valence-corrected chi connectivity index (χ0v) is 19.9. The van der Waals surface area contributed by atoms with E-state index in [4.69, 9.17) is 14.2 Å². The van der Waals surface area contributed by atoms with Crippen LogP contribution in [0.5, 0.6) is 11.5 Å². The van der Waals surface area contributed by atoms with E-state index in [9.17, 15) is 18.0 Å². The van der Waals surface area contributed by atoms with Crippen molar-refractivity contribution in [1.82, 2.24) is 4.57 Å². The first-order valence-electron chi connectivity index (χ1n) is 10.1. The maximum atomic E-state index is 12.7. The lowest BCUT2D eigenvalue weighted by molar-refractivity contribution is -0.141. The number of esters is 1. The molecule has 1 amide bonds. The Balaban J connectivity index is 1.66. The second-order valence-corrected chi connectivity index (χ2v) is 11.2. The molecular formula is C22H22N2O7S2. The number of benzene rings is 2. The van der Waals surface area contributed by atoms with Crippen molar-refractivity contribution in [1.29, 1.82) is 0 Å². The van der Waals surface area contributed by atoms with Crippen LogP contribution in [-0.2, 0) is 37.1 Å². The Hall–Kier alpha value is -3.18. The summed E-state index contributed by atoms with van der Waals surface area (Å²) >= 11 is 1.24. The van der Waals surface area contributed by atoms with E-state index in [1.807, 2.05) is 0 Å². The average Bonchev–Trinajstić information content (AvgIpc) is 3.36. The highest BCUT2D eigenvalue weighted by Crippen LogP contribution is 2.37. The minimum atomic E-state index is -3.38. The zero-order valence-electron chi connectivity index (χ0n) is 18.2. The third-order valence-electron chi connectivity index (χ3n) is 5.14. The van der Waals surface area contributed by atoms with Gasteiger partial charge < -0.3 is 18.8 Å². The van der Waals surface area contributed by atoms with Gasteiger partial charge in [0, 0.05) is 12.1 Å². The highest BCUT2D eigenvalue weighted by Gasteiger charge is 2.20. The number of fused-ring (bicyclic) bond motifs is 2. The van der Waals surface area contributed by atoms with Crippen LogP contribution >= 0.6 is 11.3 Å². The Morgan fingerprint density at radius 1 is 1.15 bits per heavy atom. The lowest BCUT2D eigenvalue weighted by Crippen LogP contribution is -2.22. The van der Waals surface area contributed by atoms with E-state index >= 15 is 0 Å². The molecule has 0 atom stereocenters. The molecule has 33 heavy (non-hydrogen) atoms. The van der Waals surface area contributed by atoms with Crippen LogP contribution in [0.1, 0.15) is 19.4 Å². The van der Waals surface area contributed by atoms with Crippen LogP contribution in [0.3, 0.4) is 0 Å². The summed E-state index contributed by atoms with van der Waals surface area (Å²) in [6.07, 6.45) is -0.0167. The minimum Gasteiger partial charge on any atom is -0.468 e. The maximum Gasteiger partial charge on any atom is 0.325 e.